The Morgan fingerprint density at radius 3 is 2.94 bits per heavy atom. The van der Waals surface area contributed by atoms with Gasteiger partial charge < -0.3 is 16.2 Å². The van der Waals surface area contributed by atoms with Gasteiger partial charge in [0.15, 0.2) is 0 Å². The molecule has 0 saturated heterocycles. The SMILES string of the molecule is [N-]=[N+]=NCCNC(C(N)=O)c1ccc(O)c(Cl)c1. The fourth-order valence-electron chi connectivity index (χ4n) is 1.39. The molecule has 1 atom stereocenters. The first-order valence-electron chi connectivity index (χ1n) is 5.08. The lowest BCUT2D eigenvalue weighted by Gasteiger charge is -2.15. The fraction of sp³-hybridized carbons (Fsp3) is 0.300. The van der Waals surface area contributed by atoms with E-state index in [4.69, 9.17) is 22.9 Å². The lowest BCUT2D eigenvalue weighted by atomic mass is 10.1. The Morgan fingerprint density at radius 1 is 1.67 bits per heavy atom. The van der Waals surface area contributed by atoms with Crippen molar-refractivity contribution in [3.63, 3.8) is 0 Å². The van der Waals surface area contributed by atoms with Crippen LogP contribution in [0.3, 0.4) is 0 Å². The van der Waals surface area contributed by atoms with Crippen LogP contribution >= 0.6 is 11.6 Å². The summed E-state index contributed by atoms with van der Waals surface area (Å²) in [5, 5.41) is 15.6. The first-order chi connectivity index (χ1) is 8.56. The van der Waals surface area contributed by atoms with E-state index in [-0.39, 0.29) is 17.3 Å². The van der Waals surface area contributed by atoms with E-state index >= 15 is 0 Å². The van der Waals surface area contributed by atoms with Gasteiger partial charge in [-0.3, -0.25) is 4.79 Å². The molecule has 4 N–H and O–H groups in total. The Balaban J connectivity index is 2.80. The minimum absolute atomic E-state index is 0.0716. The molecule has 0 fully saturated rings. The van der Waals surface area contributed by atoms with Gasteiger partial charge in [-0.05, 0) is 23.2 Å². The van der Waals surface area contributed by atoms with E-state index in [1.165, 1.54) is 18.2 Å². The van der Waals surface area contributed by atoms with Crippen LogP contribution in [0.15, 0.2) is 23.3 Å². The Bertz CT molecular complexity index is 487. The summed E-state index contributed by atoms with van der Waals surface area (Å²) in [5.74, 6) is -0.657. The first kappa shape index (κ1) is 14.1. The number of hydrogen-bond donors (Lipinski definition) is 3. The van der Waals surface area contributed by atoms with Gasteiger partial charge in [0.2, 0.25) is 5.91 Å². The van der Waals surface area contributed by atoms with Crippen molar-refractivity contribution in [2.75, 3.05) is 13.1 Å². The number of amides is 1. The summed E-state index contributed by atoms with van der Waals surface area (Å²) in [7, 11) is 0. The first-order valence-corrected chi connectivity index (χ1v) is 5.46. The van der Waals surface area contributed by atoms with Crippen molar-refractivity contribution in [1.29, 1.82) is 0 Å². The second kappa shape index (κ2) is 6.70. The van der Waals surface area contributed by atoms with Gasteiger partial charge >= 0.3 is 0 Å². The van der Waals surface area contributed by atoms with Gasteiger partial charge in [0.25, 0.3) is 0 Å². The van der Waals surface area contributed by atoms with Crippen LogP contribution in [-0.4, -0.2) is 24.1 Å². The standard InChI is InChI=1S/C10H12ClN5O2/c11-7-5-6(1-2-8(7)17)9(10(12)18)14-3-4-15-16-13/h1-2,5,9,14,17H,3-4H2,(H2,12,18). The average molecular weight is 270 g/mol. The Labute approximate surface area is 108 Å². The van der Waals surface area contributed by atoms with Crippen molar-refractivity contribution >= 4 is 17.5 Å². The number of aromatic hydroxyl groups is 1. The summed E-state index contributed by atoms with van der Waals surface area (Å²) in [6.07, 6.45) is 0. The van der Waals surface area contributed by atoms with Crippen molar-refractivity contribution in [2.24, 2.45) is 10.8 Å². The predicted molar refractivity (Wildman–Crippen MR) is 67.1 cm³/mol. The molecule has 0 bridgehead atoms. The van der Waals surface area contributed by atoms with E-state index in [0.717, 1.165) is 0 Å². The second-order valence-corrected chi connectivity index (χ2v) is 3.86. The molecule has 0 spiro atoms. The molecule has 0 radical (unpaired) electrons. The van der Waals surface area contributed by atoms with Crippen LogP contribution in [0.2, 0.25) is 5.02 Å². The third kappa shape index (κ3) is 3.81. The number of primary amides is 1. The minimum atomic E-state index is -0.753. The molecule has 1 rings (SSSR count). The van der Waals surface area contributed by atoms with E-state index in [9.17, 15) is 9.90 Å². The molecule has 0 aliphatic heterocycles. The smallest absolute Gasteiger partial charge is 0.239 e. The third-order valence-electron chi connectivity index (χ3n) is 2.21. The number of benzene rings is 1. The van der Waals surface area contributed by atoms with Crippen molar-refractivity contribution in [3.8, 4) is 5.75 Å². The number of carbonyl (C=O) groups excluding carboxylic acids is 1. The van der Waals surface area contributed by atoms with Crippen LogP contribution in [-0.2, 0) is 4.79 Å². The number of hydrogen-bond acceptors (Lipinski definition) is 4. The van der Waals surface area contributed by atoms with Gasteiger partial charge in [0.05, 0.1) is 5.02 Å². The van der Waals surface area contributed by atoms with E-state index in [1.807, 2.05) is 0 Å². The molecule has 0 aliphatic rings. The van der Waals surface area contributed by atoms with Crippen molar-refractivity contribution in [2.45, 2.75) is 6.04 Å². The number of nitrogens with zero attached hydrogens (tertiary/aromatic N) is 3. The summed E-state index contributed by atoms with van der Waals surface area (Å²) >= 11 is 5.75. The molecule has 96 valence electrons. The van der Waals surface area contributed by atoms with Gasteiger partial charge in [0, 0.05) is 18.0 Å². The summed E-state index contributed by atoms with van der Waals surface area (Å²) in [6, 6.07) is 3.62. The number of phenols is 1. The Morgan fingerprint density at radius 2 is 2.39 bits per heavy atom. The van der Waals surface area contributed by atoms with E-state index in [0.29, 0.717) is 12.1 Å². The number of azide groups is 1. The number of phenolic OH excluding ortho intramolecular Hbond substituents is 1. The zero-order valence-corrected chi connectivity index (χ0v) is 10.1. The maximum Gasteiger partial charge on any atom is 0.239 e. The summed E-state index contributed by atoms with van der Waals surface area (Å²) in [6.45, 7) is 0.502. The molecule has 1 aromatic rings. The zero-order valence-electron chi connectivity index (χ0n) is 9.38. The molecule has 7 nitrogen and oxygen atoms in total. The van der Waals surface area contributed by atoms with Crippen LogP contribution in [0.1, 0.15) is 11.6 Å². The number of nitrogens with one attached hydrogen (secondary N) is 1. The molecule has 0 saturated carbocycles. The molecule has 1 unspecified atom stereocenters. The van der Waals surface area contributed by atoms with Gasteiger partial charge in [-0.15, -0.1) is 0 Å². The molecular weight excluding hydrogens is 258 g/mol. The average Bonchev–Trinajstić information content (AvgIpc) is 2.32. The summed E-state index contributed by atoms with van der Waals surface area (Å²) in [4.78, 5) is 13.9. The zero-order chi connectivity index (χ0) is 13.5. The number of carbonyl (C=O) groups is 1. The Hall–Kier alpha value is -1.95. The van der Waals surface area contributed by atoms with Crippen LogP contribution < -0.4 is 11.1 Å². The van der Waals surface area contributed by atoms with E-state index in [1.54, 1.807) is 0 Å². The third-order valence-corrected chi connectivity index (χ3v) is 2.52. The lowest BCUT2D eigenvalue weighted by Crippen LogP contribution is -2.34. The van der Waals surface area contributed by atoms with E-state index < -0.39 is 11.9 Å². The number of halogens is 1. The normalized spacial score (nSPS) is 11.6. The van der Waals surface area contributed by atoms with Crippen molar-refractivity contribution in [1.82, 2.24) is 5.32 Å². The maximum absolute atomic E-state index is 11.3. The number of rotatable bonds is 6. The number of nitrogens with two attached hydrogens (primary N) is 1. The highest BCUT2D eigenvalue weighted by atomic mass is 35.5. The fourth-order valence-corrected chi connectivity index (χ4v) is 1.58. The molecule has 0 aromatic heterocycles. The molecule has 1 amide bonds. The maximum atomic E-state index is 11.3. The van der Waals surface area contributed by atoms with Crippen LogP contribution in [0.5, 0.6) is 5.75 Å². The highest BCUT2D eigenvalue weighted by Crippen LogP contribution is 2.26. The van der Waals surface area contributed by atoms with Gasteiger partial charge in [0.1, 0.15) is 11.8 Å². The van der Waals surface area contributed by atoms with Gasteiger partial charge in [-0.1, -0.05) is 22.8 Å². The molecule has 8 heteroatoms. The van der Waals surface area contributed by atoms with Gasteiger partial charge in [-0.25, -0.2) is 0 Å². The summed E-state index contributed by atoms with van der Waals surface area (Å²) < 4.78 is 0. The second-order valence-electron chi connectivity index (χ2n) is 3.45. The monoisotopic (exact) mass is 269 g/mol. The molecule has 0 aliphatic carbocycles. The quantitative estimate of drug-likeness (QED) is 0.313. The predicted octanol–water partition coefficient (Wildman–Crippen LogP) is 1.47. The molecular formula is C10H12ClN5O2. The molecule has 1 aromatic carbocycles. The molecule has 18 heavy (non-hydrogen) atoms. The van der Waals surface area contributed by atoms with Crippen LogP contribution in [0, 0.1) is 0 Å². The lowest BCUT2D eigenvalue weighted by molar-refractivity contribution is -0.120. The van der Waals surface area contributed by atoms with Crippen molar-refractivity contribution in [3.05, 3.63) is 39.2 Å². The van der Waals surface area contributed by atoms with Crippen LogP contribution in [0.25, 0.3) is 10.4 Å². The van der Waals surface area contributed by atoms with Gasteiger partial charge in [-0.2, -0.15) is 0 Å². The topological polar surface area (TPSA) is 124 Å². The highest BCUT2D eigenvalue weighted by molar-refractivity contribution is 6.32. The molecule has 0 heterocycles. The minimum Gasteiger partial charge on any atom is -0.506 e. The van der Waals surface area contributed by atoms with E-state index in [2.05, 4.69) is 15.3 Å². The highest BCUT2D eigenvalue weighted by Gasteiger charge is 2.17. The van der Waals surface area contributed by atoms with Crippen LogP contribution in [0.4, 0.5) is 0 Å². The van der Waals surface area contributed by atoms with Crippen molar-refractivity contribution < 1.29 is 9.90 Å². The largest absolute Gasteiger partial charge is 0.506 e. The Kier molecular flexibility index (Phi) is 5.26. The summed E-state index contributed by atoms with van der Waals surface area (Å²) in [5.41, 5.74) is 13.9.